The van der Waals surface area contributed by atoms with Gasteiger partial charge in [0.1, 0.15) is 5.76 Å². The van der Waals surface area contributed by atoms with E-state index in [4.69, 9.17) is 4.52 Å². The first-order valence-corrected chi connectivity index (χ1v) is 7.62. The summed E-state index contributed by atoms with van der Waals surface area (Å²) >= 11 is 0. The molecule has 0 unspecified atom stereocenters. The molecule has 4 rings (SSSR count). The van der Waals surface area contributed by atoms with Crippen LogP contribution in [-0.4, -0.2) is 28.0 Å². The molecule has 3 fully saturated rings. The van der Waals surface area contributed by atoms with Crippen LogP contribution in [0.3, 0.4) is 0 Å². The molecular weight excluding hydrogens is 240 g/mol. The summed E-state index contributed by atoms with van der Waals surface area (Å²) in [4.78, 5) is 14.8. The first-order chi connectivity index (χ1) is 9.33. The Morgan fingerprint density at radius 2 is 1.74 bits per heavy atom. The van der Waals surface area contributed by atoms with Gasteiger partial charge < -0.3 is 9.42 Å². The van der Waals surface area contributed by atoms with Gasteiger partial charge in [-0.3, -0.25) is 4.79 Å². The number of carbonyl (C=O) groups is 1. The van der Waals surface area contributed by atoms with Gasteiger partial charge in [0.2, 0.25) is 0 Å². The van der Waals surface area contributed by atoms with E-state index in [-0.39, 0.29) is 5.91 Å². The Balaban J connectivity index is 1.54. The molecule has 1 heterocycles. The molecule has 3 aliphatic carbocycles. The highest BCUT2D eigenvalue weighted by molar-refractivity contribution is 5.93. The van der Waals surface area contributed by atoms with Crippen LogP contribution < -0.4 is 0 Å². The van der Waals surface area contributed by atoms with Gasteiger partial charge in [0, 0.05) is 24.1 Å². The minimum atomic E-state index is 0.102. The Labute approximate surface area is 113 Å². The van der Waals surface area contributed by atoms with Crippen LogP contribution in [0.15, 0.2) is 10.6 Å². The topological polar surface area (TPSA) is 46.3 Å². The zero-order valence-corrected chi connectivity index (χ0v) is 11.2. The van der Waals surface area contributed by atoms with Crippen molar-refractivity contribution in [3.05, 3.63) is 17.5 Å². The second-order valence-corrected chi connectivity index (χ2v) is 6.27. The predicted octanol–water partition coefficient (Wildman–Crippen LogP) is 3.10. The van der Waals surface area contributed by atoms with Gasteiger partial charge in [-0.2, -0.15) is 0 Å². The van der Waals surface area contributed by atoms with E-state index in [9.17, 15) is 4.79 Å². The highest BCUT2D eigenvalue weighted by Crippen LogP contribution is 2.41. The molecule has 4 nitrogen and oxygen atoms in total. The third-order valence-corrected chi connectivity index (χ3v) is 4.90. The number of amides is 1. The number of aromatic nitrogens is 1. The van der Waals surface area contributed by atoms with Crippen molar-refractivity contribution in [3.63, 3.8) is 0 Å². The van der Waals surface area contributed by atoms with Gasteiger partial charge in [-0.25, -0.2) is 0 Å². The number of hydrogen-bond donors (Lipinski definition) is 0. The Hall–Kier alpha value is -1.32. The van der Waals surface area contributed by atoms with Crippen molar-refractivity contribution in [2.45, 2.75) is 69.4 Å². The monoisotopic (exact) mass is 260 g/mol. The molecule has 102 valence electrons. The lowest BCUT2D eigenvalue weighted by molar-refractivity contribution is 0.0276. The fraction of sp³-hybridized carbons (Fsp3) is 0.733. The first kappa shape index (κ1) is 11.5. The minimum absolute atomic E-state index is 0.102. The fourth-order valence-corrected chi connectivity index (χ4v) is 3.04. The summed E-state index contributed by atoms with van der Waals surface area (Å²) < 4.78 is 5.33. The molecule has 0 spiro atoms. The zero-order valence-electron chi connectivity index (χ0n) is 11.2. The SMILES string of the molecule is O=C(c1cc(C2CC2)on1)N(C1CCC1)C1CCC1. The van der Waals surface area contributed by atoms with Crippen molar-refractivity contribution >= 4 is 5.91 Å². The number of rotatable bonds is 4. The average molecular weight is 260 g/mol. The van der Waals surface area contributed by atoms with E-state index in [1.165, 1.54) is 25.7 Å². The maximum Gasteiger partial charge on any atom is 0.276 e. The van der Waals surface area contributed by atoms with Crippen molar-refractivity contribution in [1.29, 1.82) is 0 Å². The van der Waals surface area contributed by atoms with Crippen LogP contribution in [0.2, 0.25) is 0 Å². The van der Waals surface area contributed by atoms with Gasteiger partial charge in [-0.1, -0.05) is 5.16 Å². The summed E-state index contributed by atoms with van der Waals surface area (Å²) in [5.41, 5.74) is 0.528. The summed E-state index contributed by atoms with van der Waals surface area (Å²) in [6, 6.07) is 2.79. The Kier molecular flexibility index (Phi) is 2.64. The lowest BCUT2D eigenvalue weighted by atomic mass is 9.84. The first-order valence-electron chi connectivity index (χ1n) is 7.62. The van der Waals surface area contributed by atoms with E-state index in [1.807, 2.05) is 6.07 Å². The van der Waals surface area contributed by atoms with Crippen molar-refractivity contribution in [3.8, 4) is 0 Å². The number of nitrogens with zero attached hydrogens (tertiary/aromatic N) is 2. The van der Waals surface area contributed by atoms with Crippen molar-refractivity contribution in [1.82, 2.24) is 10.1 Å². The quantitative estimate of drug-likeness (QED) is 0.835. The molecule has 1 aromatic rings. The standard InChI is InChI=1S/C15H20N2O2/c18-15(13-9-14(19-16-13)10-7-8-10)17(11-3-1-4-11)12-5-2-6-12/h9-12H,1-8H2. The minimum Gasteiger partial charge on any atom is -0.360 e. The molecule has 3 saturated carbocycles. The summed E-state index contributed by atoms with van der Waals surface area (Å²) in [5.74, 6) is 1.53. The Bertz CT molecular complexity index is 470. The lowest BCUT2D eigenvalue weighted by Gasteiger charge is -2.45. The number of hydrogen-bond acceptors (Lipinski definition) is 3. The largest absolute Gasteiger partial charge is 0.360 e. The summed E-state index contributed by atoms with van der Waals surface area (Å²) in [5, 5.41) is 4.01. The van der Waals surface area contributed by atoms with E-state index in [0.717, 1.165) is 31.4 Å². The van der Waals surface area contributed by atoms with E-state index < -0.39 is 0 Å². The molecule has 0 aromatic carbocycles. The lowest BCUT2D eigenvalue weighted by Crippen LogP contribution is -2.52. The van der Waals surface area contributed by atoms with Crippen LogP contribution in [0.25, 0.3) is 0 Å². The normalized spacial score (nSPS) is 23.8. The molecule has 0 aliphatic heterocycles. The summed E-state index contributed by atoms with van der Waals surface area (Å²) in [6.45, 7) is 0. The van der Waals surface area contributed by atoms with Crippen LogP contribution in [0, 0.1) is 0 Å². The van der Waals surface area contributed by atoms with Crippen LogP contribution in [0.5, 0.6) is 0 Å². The average Bonchev–Trinajstić information content (AvgIpc) is 3.01. The molecule has 0 N–H and O–H groups in total. The smallest absolute Gasteiger partial charge is 0.276 e. The fourth-order valence-electron chi connectivity index (χ4n) is 3.04. The highest BCUT2D eigenvalue weighted by Gasteiger charge is 2.39. The van der Waals surface area contributed by atoms with Gasteiger partial charge in [0.05, 0.1) is 0 Å². The third kappa shape index (κ3) is 1.97. The van der Waals surface area contributed by atoms with E-state index in [2.05, 4.69) is 10.1 Å². The van der Waals surface area contributed by atoms with Crippen LogP contribution in [-0.2, 0) is 0 Å². The Morgan fingerprint density at radius 3 is 2.21 bits per heavy atom. The second-order valence-electron chi connectivity index (χ2n) is 6.27. The molecule has 0 radical (unpaired) electrons. The molecule has 3 aliphatic rings. The van der Waals surface area contributed by atoms with Crippen LogP contribution >= 0.6 is 0 Å². The summed E-state index contributed by atoms with van der Waals surface area (Å²) in [6.07, 6.45) is 9.52. The maximum absolute atomic E-state index is 12.7. The molecular formula is C15H20N2O2. The molecule has 0 atom stereocenters. The van der Waals surface area contributed by atoms with E-state index >= 15 is 0 Å². The van der Waals surface area contributed by atoms with Crippen molar-refractivity contribution in [2.24, 2.45) is 0 Å². The Morgan fingerprint density at radius 1 is 1.11 bits per heavy atom. The van der Waals surface area contributed by atoms with Gasteiger partial charge in [0.15, 0.2) is 5.69 Å². The third-order valence-electron chi connectivity index (χ3n) is 4.90. The van der Waals surface area contributed by atoms with E-state index in [1.54, 1.807) is 0 Å². The van der Waals surface area contributed by atoms with E-state index in [0.29, 0.717) is 23.7 Å². The molecule has 19 heavy (non-hydrogen) atoms. The van der Waals surface area contributed by atoms with Crippen molar-refractivity contribution in [2.75, 3.05) is 0 Å². The molecule has 1 amide bonds. The molecule has 1 aromatic heterocycles. The predicted molar refractivity (Wildman–Crippen MR) is 69.9 cm³/mol. The van der Waals surface area contributed by atoms with Gasteiger partial charge in [-0.15, -0.1) is 0 Å². The molecule has 4 heteroatoms. The molecule has 0 saturated heterocycles. The number of carbonyl (C=O) groups excluding carboxylic acids is 1. The van der Waals surface area contributed by atoms with Crippen LogP contribution in [0.4, 0.5) is 0 Å². The van der Waals surface area contributed by atoms with Crippen LogP contribution in [0.1, 0.15) is 73.5 Å². The van der Waals surface area contributed by atoms with Gasteiger partial charge in [0.25, 0.3) is 5.91 Å². The second kappa shape index (κ2) is 4.36. The summed E-state index contributed by atoms with van der Waals surface area (Å²) in [7, 11) is 0. The highest BCUT2D eigenvalue weighted by atomic mass is 16.5. The molecule has 0 bridgehead atoms. The van der Waals surface area contributed by atoms with Crippen molar-refractivity contribution < 1.29 is 9.32 Å². The van der Waals surface area contributed by atoms with Gasteiger partial charge in [-0.05, 0) is 51.4 Å². The van der Waals surface area contributed by atoms with Gasteiger partial charge >= 0.3 is 0 Å². The zero-order chi connectivity index (χ0) is 12.8. The maximum atomic E-state index is 12.7.